The molecule has 1 aliphatic heterocycles. The number of hydrogen-bond acceptors (Lipinski definition) is 3. The van der Waals surface area contributed by atoms with Crippen LogP contribution in [0.25, 0.3) is 0 Å². The molecule has 1 amide bonds. The number of rotatable bonds is 1. The van der Waals surface area contributed by atoms with E-state index in [4.69, 9.17) is 4.74 Å². The molecular weight excluding hydrogens is 211 g/mol. The first kappa shape index (κ1) is 13.2. The van der Waals surface area contributed by atoms with Gasteiger partial charge in [0.25, 0.3) is 0 Å². The Hall–Kier alpha value is -0.840. The number of alkyl carbamates (subject to hydrolysis) is 1. The average molecular weight is 232 g/mol. The van der Waals surface area contributed by atoms with Crippen LogP contribution < -0.4 is 10.6 Å². The number of piperidine rings is 1. The molecule has 94 valence electrons. The van der Waals surface area contributed by atoms with Gasteiger partial charge in [-0.25, -0.2) is 9.18 Å². The molecule has 0 aliphatic carbocycles. The first-order chi connectivity index (χ1) is 7.18. The second-order valence-electron chi connectivity index (χ2n) is 5.59. The molecule has 1 saturated heterocycles. The monoisotopic (exact) mass is 232 g/mol. The SMILES string of the molecule is CC(C)(C)OC(=O)NC1CNC[C@@](C)(F)C1. The van der Waals surface area contributed by atoms with Crippen LogP contribution in [0, 0.1) is 0 Å². The maximum Gasteiger partial charge on any atom is 0.407 e. The summed E-state index contributed by atoms with van der Waals surface area (Å²) in [5, 5.41) is 5.62. The Bertz CT molecular complexity index is 261. The summed E-state index contributed by atoms with van der Waals surface area (Å²) in [5.74, 6) is 0. The van der Waals surface area contributed by atoms with Gasteiger partial charge in [-0.15, -0.1) is 0 Å². The zero-order valence-electron chi connectivity index (χ0n) is 10.4. The van der Waals surface area contributed by atoms with Crippen molar-refractivity contribution in [2.24, 2.45) is 0 Å². The molecule has 1 heterocycles. The predicted octanol–water partition coefficient (Wildman–Crippen LogP) is 1.60. The third-order valence-electron chi connectivity index (χ3n) is 2.28. The number of nitrogens with one attached hydrogen (secondary N) is 2. The number of carbonyl (C=O) groups excluding carboxylic acids is 1. The largest absolute Gasteiger partial charge is 0.444 e. The molecule has 1 unspecified atom stereocenters. The summed E-state index contributed by atoms with van der Waals surface area (Å²) in [6.45, 7) is 7.84. The highest BCUT2D eigenvalue weighted by molar-refractivity contribution is 5.68. The Labute approximate surface area is 95.9 Å². The lowest BCUT2D eigenvalue weighted by Gasteiger charge is -2.33. The van der Waals surface area contributed by atoms with Crippen LogP contribution in [0.15, 0.2) is 0 Å². The summed E-state index contributed by atoms with van der Waals surface area (Å²) in [6, 6.07) is -0.210. The van der Waals surface area contributed by atoms with Crippen molar-refractivity contribution in [3.8, 4) is 0 Å². The molecule has 16 heavy (non-hydrogen) atoms. The van der Waals surface area contributed by atoms with Gasteiger partial charge in [0.1, 0.15) is 11.3 Å². The molecule has 0 bridgehead atoms. The van der Waals surface area contributed by atoms with E-state index in [1.807, 2.05) is 0 Å². The average Bonchev–Trinajstić information content (AvgIpc) is 1.96. The number of alkyl halides is 1. The third-order valence-corrected chi connectivity index (χ3v) is 2.28. The quantitative estimate of drug-likeness (QED) is 0.722. The van der Waals surface area contributed by atoms with E-state index in [9.17, 15) is 9.18 Å². The van der Waals surface area contributed by atoms with Crippen molar-refractivity contribution in [3.05, 3.63) is 0 Å². The van der Waals surface area contributed by atoms with Gasteiger partial charge in [-0.3, -0.25) is 0 Å². The highest BCUT2D eigenvalue weighted by Gasteiger charge is 2.33. The maximum absolute atomic E-state index is 13.7. The van der Waals surface area contributed by atoms with E-state index in [0.29, 0.717) is 19.5 Å². The molecule has 1 fully saturated rings. The van der Waals surface area contributed by atoms with Crippen molar-refractivity contribution in [2.45, 2.75) is 51.4 Å². The molecule has 1 rings (SSSR count). The van der Waals surface area contributed by atoms with Crippen LogP contribution >= 0.6 is 0 Å². The molecule has 0 aromatic carbocycles. The minimum absolute atomic E-state index is 0.210. The van der Waals surface area contributed by atoms with Gasteiger partial charge in [0.05, 0.1) is 0 Å². The highest BCUT2D eigenvalue weighted by Crippen LogP contribution is 2.20. The van der Waals surface area contributed by atoms with Crippen LogP contribution in [0.3, 0.4) is 0 Å². The summed E-state index contributed by atoms with van der Waals surface area (Å²) in [5.41, 5.74) is -1.79. The van der Waals surface area contributed by atoms with Crippen molar-refractivity contribution in [1.29, 1.82) is 0 Å². The Morgan fingerprint density at radius 1 is 1.56 bits per heavy atom. The minimum Gasteiger partial charge on any atom is -0.444 e. The molecule has 0 spiro atoms. The first-order valence-electron chi connectivity index (χ1n) is 5.57. The van der Waals surface area contributed by atoms with Gasteiger partial charge < -0.3 is 15.4 Å². The zero-order valence-corrected chi connectivity index (χ0v) is 10.4. The van der Waals surface area contributed by atoms with Gasteiger partial charge in [0.2, 0.25) is 0 Å². The number of halogens is 1. The van der Waals surface area contributed by atoms with Crippen LogP contribution in [0.5, 0.6) is 0 Å². The first-order valence-corrected chi connectivity index (χ1v) is 5.57. The van der Waals surface area contributed by atoms with E-state index in [2.05, 4.69) is 10.6 Å². The van der Waals surface area contributed by atoms with E-state index < -0.39 is 17.4 Å². The molecule has 1 aliphatic rings. The maximum atomic E-state index is 13.7. The van der Waals surface area contributed by atoms with Crippen molar-refractivity contribution in [3.63, 3.8) is 0 Å². The van der Waals surface area contributed by atoms with Crippen LogP contribution in [0.1, 0.15) is 34.1 Å². The summed E-state index contributed by atoms with van der Waals surface area (Å²) >= 11 is 0. The molecule has 0 aromatic heterocycles. The number of ether oxygens (including phenoxy) is 1. The van der Waals surface area contributed by atoms with E-state index >= 15 is 0 Å². The molecular formula is C11H21FN2O2. The lowest BCUT2D eigenvalue weighted by Crippen LogP contribution is -2.54. The van der Waals surface area contributed by atoms with Gasteiger partial charge in [0.15, 0.2) is 0 Å². The van der Waals surface area contributed by atoms with Crippen LogP contribution in [0.2, 0.25) is 0 Å². The topological polar surface area (TPSA) is 50.4 Å². The normalized spacial score (nSPS) is 30.9. The Morgan fingerprint density at radius 3 is 2.69 bits per heavy atom. The van der Waals surface area contributed by atoms with Gasteiger partial charge in [0, 0.05) is 25.6 Å². The van der Waals surface area contributed by atoms with Crippen molar-refractivity contribution >= 4 is 6.09 Å². The van der Waals surface area contributed by atoms with E-state index in [-0.39, 0.29) is 6.04 Å². The highest BCUT2D eigenvalue weighted by atomic mass is 19.1. The van der Waals surface area contributed by atoms with Gasteiger partial charge in [-0.1, -0.05) is 0 Å². The van der Waals surface area contributed by atoms with E-state index in [1.165, 1.54) is 6.92 Å². The van der Waals surface area contributed by atoms with E-state index in [1.54, 1.807) is 20.8 Å². The molecule has 5 heteroatoms. The lowest BCUT2D eigenvalue weighted by atomic mass is 9.95. The smallest absolute Gasteiger partial charge is 0.407 e. The van der Waals surface area contributed by atoms with Gasteiger partial charge in [-0.2, -0.15) is 0 Å². The summed E-state index contributed by atoms with van der Waals surface area (Å²) in [6.07, 6.45) is -0.170. The van der Waals surface area contributed by atoms with Crippen molar-refractivity contribution in [1.82, 2.24) is 10.6 Å². The Kier molecular flexibility index (Phi) is 3.78. The lowest BCUT2D eigenvalue weighted by molar-refractivity contribution is 0.0454. The molecule has 0 saturated carbocycles. The summed E-state index contributed by atoms with van der Waals surface area (Å²) in [7, 11) is 0. The predicted molar refractivity (Wildman–Crippen MR) is 60.2 cm³/mol. The minimum atomic E-state index is -1.27. The molecule has 0 radical (unpaired) electrons. The summed E-state index contributed by atoms with van der Waals surface area (Å²) in [4.78, 5) is 11.5. The van der Waals surface area contributed by atoms with Gasteiger partial charge >= 0.3 is 6.09 Å². The third kappa shape index (κ3) is 4.79. The molecule has 2 atom stereocenters. The van der Waals surface area contributed by atoms with Gasteiger partial charge in [-0.05, 0) is 27.7 Å². The molecule has 0 aromatic rings. The second kappa shape index (κ2) is 4.57. The number of hydrogen-bond donors (Lipinski definition) is 2. The fourth-order valence-corrected chi connectivity index (χ4v) is 1.74. The van der Waals surface area contributed by atoms with Crippen LogP contribution in [-0.2, 0) is 4.74 Å². The fourth-order valence-electron chi connectivity index (χ4n) is 1.74. The van der Waals surface area contributed by atoms with Crippen molar-refractivity contribution in [2.75, 3.05) is 13.1 Å². The number of amides is 1. The second-order valence-corrected chi connectivity index (χ2v) is 5.59. The number of carbonyl (C=O) groups is 1. The Balaban J connectivity index is 2.40. The van der Waals surface area contributed by atoms with Crippen LogP contribution in [0.4, 0.5) is 9.18 Å². The molecule has 2 N–H and O–H groups in total. The van der Waals surface area contributed by atoms with Crippen LogP contribution in [-0.4, -0.2) is 36.5 Å². The standard InChI is InChI=1S/C11H21FN2O2/c1-10(2,3)16-9(15)14-8-5-11(4,12)7-13-6-8/h8,13H,5-7H2,1-4H3,(H,14,15)/t8?,11-/m0/s1. The molecule has 4 nitrogen and oxygen atoms in total. The Morgan fingerprint density at radius 2 is 2.19 bits per heavy atom. The fraction of sp³-hybridized carbons (Fsp3) is 0.909. The van der Waals surface area contributed by atoms with Crippen molar-refractivity contribution < 1.29 is 13.9 Å². The zero-order chi connectivity index (χ0) is 12.4. The van der Waals surface area contributed by atoms with E-state index in [0.717, 1.165) is 0 Å². The summed E-state index contributed by atoms with van der Waals surface area (Å²) < 4.78 is 18.8.